The van der Waals surface area contributed by atoms with Crippen LogP contribution in [0, 0.1) is 6.92 Å². The van der Waals surface area contributed by atoms with Crippen molar-refractivity contribution in [1.29, 1.82) is 0 Å². The Balaban J connectivity index is 2.17. The molecule has 0 fully saturated rings. The molecule has 0 aliphatic rings. The standard InChI is InChI=1S/C17H16N2O2/c1-3-19-15-9-4-11(2)10-14(15)18-16(19)12-5-7-13(8-6-12)17(20)21/h4-10H,3H2,1-2H3,(H,20,21). The molecule has 0 aliphatic carbocycles. The first-order valence-electron chi connectivity index (χ1n) is 6.90. The molecule has 0 saturated heterocycles. The third-order valence-electron chi connectivity index (χ3n) is 3.61. The van der Waals surface area contributed by atoms with Gasteiger partial charge in [-0.05, 0) is 43.7 Å². The monoisotopic (exact) mass is 280 g/mol. The number of rotatable bonds is 3. The van der Waals surface area contributed by atoms with Crippen LogP contribution >= 0.6 is 0 Å². The van der Waals surface area contributed by atoms with Crippen LogP contribution in [0.25, 0.3) is 22.4 Å². The Bertz CT molecular complexity index is 817. The van der Waals surface area contributed by atoms with Crippen molar-refractivity contribution in [3.8, 4) is 11.4 Å². The molecule has 3 aromatic rings. The van der Waals surface area contributed by atoms with Gasteiger partial charge in [-0.1, -0.05) is 18.2 Å². The van der Waals surface area contributed by atoms with E-state index in [0.29, 0.717) is 0 Å². The second kappa shape index (κ2) is 5.05. The van der Waals surface area contributed by atoms with E-state index in [1.807, 2.05) is 19.1 Å². The van der Waals surface area contributed by atoms with Gasteiger partial charge in [-0.3, -0.25) is 0 Å². The highest BCUT2D eigenvalue weighted by atomic mass is 16.4. The van der Waals surface area contributed by atoms with Gasteiger partial charge in [0.1, 0.15) is 5.82 Å². The van der Waals surface area contributed by atoms with Crippen LogP contribution in [0.4, 0.5) is 0 Å². The Labute approximate surface area is 122 Å². The number of carbonyl (C=O) groups is 1. The summed E-state index contributed by atoms with van der Waals surface area (Å²) in [5, 5.41) is 8.97. The smallest absolute Gasteiger partial charge is 0.335 e. The highest BCUT2D eigenvalue weighted by Gasteiger charge is 2.12. The zero-order valence-electron chi connectivity index (χ0n) is 12.0. The molecule has 3 rings (SSSR count). The molecule has 2 aromatic carbocycles. The number of hydrogen-bond donors (Lipinski definition) is 1. The highest BCUT2D eigenvalue weighted by molar-refractivity contribution is 5.88. The summed E-state index contributed by atoms with van der Waals surface area (Å²) in [5.74, 6) is -0.0452. The number of imidazole rings is 1. The van der Waals surface area contributed by atoms with E-state index in [1.165, 1.54) is 5.56 Å². The first-order chi connectivity index (χ1) is 10.1. The van der Waals surface area contributed by atoms with Crippen molar-refractivity contribution < 1.29 is 9.90 Å². The highest BCUT2D eigenvalue weighted by Crippen LogP contribution is 2.25. The number of fused-ring (bicyclic) bond motifs is 1. The molecule has 0 amide bonds. The van der Waals surface area contributed by atoms with Gasteiger partial charge in [0.25, 0.3) is 0 Å². The van der Waals surface area contributed by atoms with E-state index < -0.39 is 5.97 Å². The zero-order chi connectivity index (χ0) is 15.0. The summed E-state index contributed by atoms with van der Waals surface area (Å²) in [5.41, 5.74) is 4.45. The predicted octanol–water partition coefficient (Wildman–Crippen LogP) is 3.73. The van der Waals surface area contributed by atoms with E-state index in [-0.39, 0.29) is 5.56 Å². The molecule has 21 heavy (non-hydrogen) atoms. The fourth-order valence-corrected chi connectivity index (χ4v) is 2.54. The second-order valence-corrected chi connectivity index (χ2v) is 5.05. The molecule has 4 heteroatoms. The lowest BCUT2D eigenvalue weighted by Gasteiger charge is -2.06. The number of nitrogens with zero attached hydrogens (tertiary/aromatic N) is 2. The van der Waals surface area contributed by atoms with Crippen LogP contribution in [0.5, 0.6) is 0 Å². The average molecular weight is 280 g/mol. The van der Waals surface area contributed by atoms with Crippen molar-refractivity contribution in [2.75, 3.05) is 0 Å². The maximum atomic E-state index is 10.9. The number of aromatic nitrogens is 2. The Kier molecular flexibility index (Phi) is 3.22. The molecule has 0 unspecified atom stereocenters. The average Bonchev–Trinajstić information content (AvgIpc) is 2.84. The van der Waals surface area contributed by atoms with Gasteiger partial charge in [-0.15, -0.1) is 0 Å². The van der Waals surface area contributed by atoms with Gasteiger partial charge in [0.2, 0.25) is 0 Å². The molecule has 0 radical (unpaired) electrons. The van der Waals surface area contributed by atoms with Crippen LogP contribution in [0.1, 0.15) is 22.8 Å². The van der Waals surface area contributed by atoms with E-state index in [4.69, 9.17) is 10.1 Å². The summed E-state index contributed by atoms with van der Waals surface area (Å²) < 4.78 is 2.14. The van der Waals surface area contributed by atoms with Crippen molar-refractivity contribution in [3.63, 3.8) is 0 Å². The normalized spacial score (nSPS) is 11.0. The number of carboxylic acids is 1. The van der Waals surface area contributed by atoms with Crippen LogP contribution in [0.2, 0.25) is 0 Å². The lowest BCUT2D eigenvalue weighted by Crippen LogP contribution is -1.99. The largest absolute Gasteiger partial charge is 0.478 e. The molecule has 0 atom stereocenters. The minimum atomic E-state index is -0.916. The summed E-state index contributed by atoms with van der Waals surface area (Å²) in [6.45, 7) is 4.94. The van der Waals surface area contributed by atoms with E-state index in [2.05, 4.69) is 29.7 Å². The summed E-state index contributed by atoms with van der Waals surface area (Å²) in [6.07, 6.45) is 0. The van der Waals surface area contributed by atoms with Gasteiger partial charge in [-0.25, -0.2) is 9.78 Å². The quantitative estimate of drug-likeness (QED) is 0.795. The molecule has 0 bridgehead atoms. The lowest BCUT2D eigenvalue weighted by atomic mass is 10.1. The molecular weight excluding hydrogens is 264 g/mol. The molecular formula is C17H16N2O2. The number of aryl methyl sites for hydroxylation is 2. The minimum Gasteiger partial charge on any atom is -0.478 e. The summed E-state index contributed by atoms with van der Waals surface area (Å²) >= 11 is 0. The predicted molar refractivity (Wildman–Crippen MR) is 82.5 cm³/mol. The minimum absolute atomic E-state index is 0.286. The SMILES string of the molecule is CCn1c(-c2ccc(C(=O)O)cc2)nc2cc(C)ccc21. The Morgan fingerprint density at radius 2 is 1.90 bits per heavy atom. The number of hydrogen-bond acceptors (Lipinski definition) is 2. The molecule has 0 spiro atoms. The zero-order valence-corrected chi connectivity index (χ0v) is 12.0. The Morgan fingerprint density at radius 1 is 1.19 bits per heavy atom. The number of aromatic carboxylic acids is 1. The third kappa shape index (κ3) is 2.29. The summed E-state index contributed by atoms with van der Waals surface area (Å²) in [7, 11) is 0. The maximum Gasteiger partial charge on any atom is 0.335 e. The number of benzene rings is 2. The van der Waals surface area contributed by atoms with Crippen molar-refractivity contribution in [3.05, 3.63) is 53.6 Å². The first-order valence-corrected chi connectivity index (χ1v) is 6.90. The fraction of sp³-hybridized carbons (Fsp3) is 0.176. The molecule has 0 saturated carbocycles. The van der Waals surface area contributed by atoms with Crippen molar-refractivity contribution >= 4 is 17.0 Å². The second-order valence-electron chi connectivity index (χ2n) is 5.05. The lowest BCUT2D eigenvalue weighted by molar-refractivity contribution is 0.0697. The van der Waals surface area contributed by atoms with Gasteiger partial charge in [0.15, 0.2) is 0 Å². The van der Waals surface area contributed by atoms with Crippen LogP contribution < -0.4 is 0 Å². The van der Waals surface area contributed by atoms with Gasteiger partial charge in [0.05, 0.1) is 16.6 Å². The van der Waals surface area contributed by atoms with Crippen LogP contribution in [-0.2, 0) is 6.54 Å². The van der Waals surface area contributed by atoms with Crippen molar-refractivity contribution in [1.82, 2.24) is 9.55 Å². The maximum absolute atomic E-state index is 10.9. The number of carboxylic acid groups (broad SMARTS) is 1. The molecule has 1 N–H and O–H groups in total. The Morgan fingerprint density at radius 3 is 2.52 bits per heavy atom. The van der Waals surface area contributed by atoms with Crippen molar-refractivity contribution in [2.24, 2.45) is 0 Å². The topological polar surface area (TPSA) is 55.1 Å². The molecule has 106 valence electrons. The Hall–Kier alpha value is -2.62. The van der Waals surface area contributed by atoms with E-state index in [1.54, 1.807) is 12.1 Å². The van der Waals surface area contributed by atoms with Gasteiger partial charge in [-0.2, -0.15) is 0 Å². The van der Waals surface area contributed by atoms with Crippen LogP contribution in [-0.4, -0.2) is 20.6 Å². The first kappa shape index (κ1) is 13.4. The molecule has 1 heterocycles. The molecule has 4 nitrogen and oxygen atoms in total. The fourth-order valence-electron chi connectivity index (χ4n) is 2.54. The summed E-state index contributed by atoms with van der Waals surface area (Å²) in [4.78, 5) is 15.6. The van der Waals surface area contributed by atoms with Gasteiger partial charge < -0.3 is 9.67 Å². The third-order valence-corrected chi connectivity index (χ3v) is 3.61. The molecule has 1 aromatic heterocycles. The van der Waals surface area contributed by atoms with Crippen LogP contribution in [0.3, 0.4) is 0 Å². The van der Waals surface area contributed by atoms with Gasteiger partial charge in [0, 0.05) is 12.1 Å². The van der Waals surface area contributed by atoms with Crippen molar-refractivity contribution in [2.45, 2.75) is 20.4 Å². The van der Waals surface area contributed by atoms with Crippen LogP contribution in [0.15, 0.2) is 42.5 Å². The molecule has 0 aliphatic heterocycles. The summed E-state index contributed by atoms with van der Waals surface area (Å²) in [6, 6.07) is 13.1. The van der Waals surface area contributed by atoms with E-state index >= 15 is 0 Å². The van der Waals surface area contributed by atoms with E-state index in [9.17, 15) is 4.79 Å². The van der Waals surface area contributed by atoms with E-state index in [0.717, 1.165) is 29.0 Å². The van der Waals surface area contributed by atoms with Gasteiger partial charge >= 0.3 is 5.97 Å².